The summed E-state index contributed by atoms with van der Waals surface area (Å²) in [4.78, 5) is 12.5. The fraction of sp³-hybridized carbons (Fsp3) is 0.929. The summed E-state index contributed by atoms with van der Waals surface area (Å²) in [7, 11) is 0. The Morgan fingerprint density at radius 1 is 0.875 bits per heavy atom. The first-order valence-electron chi connectivity index (χ1n) is 7.06. The molecule has 2 nitrogen and oxygen atoms in total. The van der Waals surface area contributed by atoms with Crippen molar-refractivity contribution in [2.45, 2.75) is 76.2 Å². The summed E-state index contributed by atoms with van der Waals surface area (Å²) in [6, 6.07) is 0. The predicted octanol–water partition coefficient (Wildman–Crippen LogP) is 3.19. The van der Waals surface area contributed by atoms with Crippen molar-refractivity contribution in [1.29, 1.82) is 0 Å². The van der Waals surface area contributed by atoms with E-state index in [4.69, 9.17) is 5.73 Å². The number of carbonyl (C=O) groups excluding carboxylic acids is 1. The van der Waals surface area contributed by atoms with Crippen molar-refractivity contribution in [3.05, 3.63) is 0 Å². The van der Waals surface area contributed by atoms with E-state index in [2.05, 4.69) is 0 Å². The van der Waals surface area contributed by atoms with Gasteiger partial charge in [-0.25, -0.2) is 0 Å². The Morgan fingerprint density at radius 3 is 1.94 bits per heavy atom. The van der Waals surface area contributed by atoms with Crippen LogP contribution >= 0.6 is 0 Å². The molecular weight excluding hydrogens is 198 g/mol. The van der Waals surface area contributed by atoms with E-state index in [0.29, 0.717) is 5.78 Å². The smallest absolute Gasteiger partial charge is 0.155 e. The first kappa shape index (κ1) is 12.1. The van der Waals surface area contributed by atoms with Gasteiger partial charge in [-0.05, 0) is 25.7 Å². The van der Waals surface area contributed by atoms with Crippen molar-refractivity contribution < 1.29 is 4.79 Å². The molecule has 2 aliphatic rings. The molecule has 0 radical (unpaired) electrons. The fourth-order valence-corrected chi connectivity index (χ4v) is 3.38. The van der Waals surface area contributed by atoms with Crippen molar-refractivity contribution in [3.8, 4) is 0 Å². The predicted molar refractivity (Wildman–Crippen MR) is 66.2 cm³/mol. The number of ketones is 1. The van der Waals surface area contributed by atoms with Crippen molar-refractivity contribution in [1.82, 2.24) is 0 Å². The highest BCUT2D eigenvalue weighted by Crippen LogP contribution is 2.33. The van der Waals surface area contributed by atoms with Gasteiger partial charge in [0.25, 0.3) is 0 Å². The Bertz CT molecular complexity index is 235. The molecule has 0 aromatic carbocycles. The standard InChI is InChI=1S/C14H25NO/c15-14(10-6-3-7-11-14)13(16)12-8-4-1-2-5-9-12/h12H,1-11,15H2. The highest BCUT2D eigenvalue weighted by atomic mass is 16.1. The topological polar surface area (TPSA) is 43.1 Å². The zero-order valence-corrected chi connectivity index (χ0v) is 10.3. The lowest BCUT2D eigenvalue weighted by Gasteiger charge is -2.34. The third-order valence-electron chi connectivity index (χ3n) is 4.46. The molecule has 0 aliphatic heterocycles. The maximum absolute atomic E-state index is 12.5. The molecular formula is C14H25NO. The van der Waals surface area contributed by atoms with E-state index in [-0.39, 0.29) is 5.92 Å². The fourth-order valence-electron chi connectivity index (χ4n) is 3.38. The van der Waals surface area contributed by atoms with Gasteiger partial charge in [-0.1, -0.05) is 44.9 Å². The number of hydrogen-bond acceptors (Lipinski definition) is 2. The van der Waals surface area contributed by atoms with Crippen molar-refractivity contribution >= 4 is 5.78 Å². The summed E-state index contributed by atoms with van der Waals surface area (Å²) in [5.74, 6) is 0.680. The van der Waals surface area contributed by atoms with Gasteiger partial charge in [0.2, 0.25) is 0 Å². The molecule has 2 saturated carbocycles. The Kier molecular flexibility index (Phi) is 4.01. The second kappa shape index (κ2) is 5.31. The average molecular weight is 223 g/mol. The first-order chi connectivity index (χ1) is 7.72. The van der Waals surface area contributed by atoms with E-state index in [9.17, 15) is 4.79 Å². The minimum atomic E-state index is -0.451. The van der Waals surface area contributed by atoms with Crippen LogP contribution < -0.4 is 5.73 Å². The van der Waals surface area contributed by atoms with Crippen molar-refractivity contribution in [2.75, 3.05) is 0 Å². The highest BCUT2D eigenvalue weighted by Gasteiger charge is 2.38. The van der Waals surface area contributed by atoms with Gasteiger partial charge in [0, 0.05) is 5.92 Å². The normalized spacial score (nSPS) is 27.3. The van der Waals surface area contributed by atoms with E-state index in [1.165, 1.54) is 32.1 Å². The van der Waals surface area contributed by atoms with Crippen LogP contribution in [0.2, 0.25) is 0 Å². The third kappa shape index (κ3) is 2.65. The van der Waals surface area contributed by atoms with Crippen molar-refractivity contribution in [3.63, 3.8) is 0 Å². The molecule has 0 unspecified atom stereocenters. The van der Waals surface area contributed by atoms with E-state index >= 15 is 0 Å². The third-order valence-corrected chi connectivity index (χ3v) is 4.46. The molecule has 0 aromatic heterocycles. The lowest BCUT2D eigenvalue weighted by Crippen LogP contribution is -2.52. The SMILES string of the molecule is NC1(C(=O)C2CCCCCC2)CCCCC1. The molecule has 2 aliphatic carbocycles. The molecule has 0 amide bonds. The summed E-state index contributed by atoms with van der Waals surface area (Å²) in [6.07, 6.45) is 12.7. The molecule has 0 aromatic rings. The van der Waals surface area contributed by atoms with Gasteiger partial charge < -0.3 is 5.73 Å². The molecule has 2 N–H and O–H groups in total. The molecule has 2 rings (SSSR count). The molecule has 16 heavy (non-hydrogen) atoms. The average Bonchev–Trinajstić information content (AvgIpc) is 2.57. The summed E-state index contributed by atoms with van der Waals surface area (Å²) >= 11 is 0. The van der Waals surface area contributed by atoms with E-state index in [0.717, 1.165) is 38.5 Å². The highest BCUT2D eigenvalue weighted by molar-refractivity contribution is 5.90. The monoisotopic (exact) mass is 223 g/mol. The van der Waals surface area contributed by atoms with Crippen LogP contribution in [0.15, 0.2) is 0 Å². The number of nitrogens with two attached hydrogens (primary N) is 1. The van der Waals surface area contributed by atoms with Crippen LogP contribution in [0.1, 0.15) is 70.6 Å². The van der Waals surface area contributed by atoms with Crippen LogP contribution in [0, 0.1) is 5.92 Å². The number of Topliss-reactive ketones (excluding diaryl/α,β-unsaturated/α-hetero) is 1. The molecule has 0 atom stereocenters. The Hall–Kier alpha value is -0.370. The van der Waals surface area contributed by atoms with E-state index < -0.39 is 5.54 Å². The minimum Gasteiger partial charge on any atom is -0.319 e. The molecule has 0 spiro atoms. The van der Waals surface area contributed by atoms with E-state index in [1.807, 2.05) is 0 Å². The molecule has 2 fully saturated rings. The van der Waals surface area contributed by atoms with E-state index in [1.54, 1.807) is 0 Å². The molecule has 0 saturated heterocycles. The van der Waals surface area contributed by atoms with Crippen molar-refractivity contribution in [2.24, 2.45) is 11.7 Å². The lowest BCUT2D eigenvalue weighted by atomic mass is 9.74. The van der Waals surface area contributed by atoms with Crippen LogP contribution in [0.4, 0.5) is 0 Å². The molecule has 0 bridgehead atoms. The first-order valence-corrected chi connectivity index (χ1v) is 7.06. The Balaban J connectivity index is 1.98. The van der Waals surface area contributed by atoms with Crippen LogP contribution in [-0.2, 0) is 4.79 Å². The molecule has 92 valence electrons. The number of carbonyl (C=O) groups is 1. The van der Waals surface area contributed by atoms with Gasteiger partial charge in [0.15, 0.2) is 5.78 Å². The number of hydrogen-bond donors (Lipinski definition) is 1. The molecule has 0 heterocycles. The second-order valence-electron chi connectivity index (χ2n) is 5.77. The van der Waals surface area contributed by atoms with Gasteiger partial charge in [-0.2, -0.15) is 0 Å². The van der Waals surface area contributed by atoms with Crippen LogP contribution in [0.25, 0.3) is 0 Å². The summed E-state index contributed by atoms with van der Waals surface area (Å²) in [5, 5.41) is 0. The van der Waals surface area contributed by atoms with Gasteiger partial charge >= 0.3 is 0 Å². The zero-order chi connectivity index (χ0) is 11.4. The Labute approximate surface area is 99.0 Å². The minimum absolute atomic E-state index is 0.283. The largest absolute Gasteiger partial charge is 0.319 e. The van der Waals surface area contributed by atoms with Gasteiger partial charge in [-0.15, -0.1) is 0 Å². The summed E-state index contributed by atoms with van der Waals surface area (Å²) in [5.41, 5.74) is 5.88. The lowest BCUT2D eigenvalue weighted by molar-refractivity contribution is -0.129. The number of rotatable bonds is 2. The van der Waals surface area contributed by atoms with Gasteiger partial charge in [0.1, 0.15) is 0 Å². The van der Waals surface area contributed by atoms with Crippen LogP contribution in [-0.4, -0.2) is 11.3 Å². The zero-order valence-electron chi connectivity index (χ0n) is 10.3. The quantitative estimate of drug-likeness (QED) is 0.731. The second-order valence-corrected chi connectivity index (χ2v) is 5.77. The summed E-state index contributed by atoms with van der Waals surface area (Å²) < 4.78 is 0. The summed E-state index contributed by atoms with van der Waals surface area (Å²) in [6.45, 7) is 0. The maximum atomic E-state index is 12.5. The molecule has 2 heteroatoms. The van der Waals surface area contributed by atoms with Gasteiger partial charge in [-0.3, -0.25) is 4.79 Å². The van der Waals surface area contributed by atoms with Gasteiger partial charge in [0.05, 0.1) is 5.54 Å². The van der Waals surface area contributed by atoms with Crippen LogP contribution in [0.3, 0.4) is 0 Å². The Morgan fingerprint density at radius 2 is 1.38 bits per heavy atom. The van der Waals surface area contributed by atoms with Crippen LogP contribution in [0.5, 0.6) is 0 Å². The maximum Gasteiger partial charge on any atom is 0.155 e.